The van der Waals surface area contributed by atoms with Crippen molar-refractivity contribution in [3.8, 4) is 5.75 Å². The van der Waals surface area contributed by atoms with Crippen LogP contribution in [0.5, 0.6) is 5.75 Å². The summed E-state index contributed by atoms with van der Waals surface area (Å²) in [6, 6.07) is 8.77. The van der Waals surface area contributed by atoms with E-state index in [2.05, 4.69) is 26.2 Å². The van der Waals surface area contributed by atoms with Crippen LogP contribution in [-0.2, 0) is 0 Å². The summed E-state index contributed by atoms with van der Waals surface area (Å²) >= 11 is 3.21. The zero-order valence-corrected chi connectivity index (χ0v) is 12.3. The molecule has 0 radical (unpaired) electrons. The molecule has 104 valence electrons. The molecular weight excluding hydrogens is 324 g/mol. The minimum atomic E-state index is -1.04. The van der Waals surface area contributed by atoms with Crippen molar-refractivity contribution in [3.63, 3.8) is 0 Å². The van der Waals surface area contributed by atoms with Gasteiger partial charge < -0.3 is 15.2 Å². The first kappa shape index (κ1) is 14.3. The van der Waals surface area contributed by atoms with Crippen molar-refractivity contribution >= 4 is 33.4 Å². The van der Waals surface area contributed by atoms with Gasteiger partial charge in [-0.05, 0) is 41.1 Å². The number of carbonyl (C=O) groups is 1. The average molecular weight is 337 g/mol. The smallest absolute Gasteiger partial charge is 0.339 e. The van der Waals surface area contributed by atoms with Crippen molar-refractivity contribution in [1.82, 2.24) is 4.98 Å². The van der Waals surface area contributed by atoms with Crippen molar-refractivity contribution in [2.24, 2.45) is 0 Å². The second kappa shape index (κ2) is 6.38. The van der Waals surface area contributed by atoms with Gasteiger partial charge in [-0.25, -0.2) is 9.78 Å². The molecule has 0 spiro atoms. The number of pyridine rings is 1. The molecular formula is C14H13BrN2O3. The van der Waals surface area contributed by atoms with E-state index in [0.29, 0.717) is 22.5 Å². The maximum Gasteiger partial charge on any atom is 0.339 e. The van der Waals surface area contributed by atoms with Crippen LogP contribution in [0.2, 0.25) is 0 Å². The number of rotatable bonds is 5. The van der Waals surface area contributed by atoms with E-state index in [9.17, 15) is 9.90 Å². The first-order chi connectivity index (χ1) is 9.60. The third-order valence-corrected chi connectivity index (χ3v) is 2.93. The molecule has 0 unspecified atom stereocenters. The third-order valence-electron chi connectivity index (χ3n) is 2.49. The molecule has 0 aliphatic heterocycles. The van der Waals surface area contributed by atoms with Crippen LogP contribution in [0.3, 0.4) is 0 Å². The lowest BCUT2D eigenvalue weighted by atomic mass is 10.2. The predicted octanol–water partition coefficient (Wildman–Crippen LogP) is 3.68. The Labute approximate surface area is 124 Å². The molecule has 2 rings (SSSR count). The number of nitrogens with zero attached hydrogens (tertiary/aromatic N) is 1. The van der Waals surface area contributed by atoms with E-state index in [1.807, 2.05) is 25.1 Å². The summed E-state index contributed by atoms with van der Waals surface area (Å²) in [6.45, 7) is 2.47. The summed E-state index contributed by atoms with van der Waals surface area (Å²) in [4.78, 5) is 15.3. The highest BCUT2D eigenvalue weighted by Crippen LogP contribution is 2.24. The van der Waals surface area contributed by atoms with Gasteiger partial charge in [0, 0.05) is 22.4 Å². The van der Waals surface area contributed by atoms with Crippen molar-refractivity contribution in [2.75, 3.05) is 11.9 Å². The molecule has 1 aromatic carbocycles. The fourth-order valence-electron chi connectivity index (χ4n) is 1.67. The van der Waals surface area contributed by atoms with Crippen molar-refractivity contribution in [3.05, 3.63) is 46.6 Å². The van der Waals surface area contributed by atoms with E-state index in [-0.39, 0.29) is 11.4 Å². The highest BCUT2D eigenvalue weighted by atomic mass is 79.9. The molecule has 20 heavy (non-hydrogen) atoms. The van der Waals surface area contributed by atoms with Gasteiger partial charge in [-0.1, -0.05) is 6.07 Å². The third kappa shape index (κ3) is 3.48. The van der Waals surface area contributed by atoms with Crippen LogP contribution >= 0.6 is 15.9 Å². The Bertz CT molecular complexity index is 632. The Morgan fingerprint density at radius 2 is 2.25 bits per heavy atom. The number of carboxylic acid groups (broad SMARTS) is 1. The van der Waals surface area contributed by atoms with Gasteiger partial charge in [0.1, 0.15) is 17.1 Å². The van der Waals surface area contributed by atoms with Gasteiger partial charge in [-0.2, -0.15) is 0 Å². The van der Waals surface area contributed by atoms with E-state index in [1.54, 1.807) is 12.3 Å². The van der Waals surface area contributed by atoms with Gasteiger partial charge in [-0.3, -0.25) is 0 Å². The van der Waals surface area contributed by atoms with Crippen LogP contribution < -0.4 is 10.1 Å². The lowest BCUT2D eigenvalue weighted by molar-refractivity contribution is 0.0697. The zero-order chi connectivity index (χ0) is 14.5. The number of nitrogens with one attached hydrogen (secondary N) is 1. The van der Waals surface area contributed by atoms with Gasteiger partial charge in [0.15, 0.2) is 0 Å². The number of aromatic carboxylic acids is 1. The Kier molecular flexibility index (Phi) is 4.57. The van der Waals surface area contributed by atoms with Crippen LogP contribution in [0.4, 0.5) is 11.5 Å². The molecule has 0 fully saturated rings. The average Bonchev–Trinajstić information content (AvgIpc) is 2.41. The molecule has 0 saturated heterocycles. The largest absolute Gasteiger partial charge is 0.494 e. The second-order valence-electron chi connectivity index (χ2n) is 3.94. The topological polar surface area (TPSA) is 71.5 Å². The molecule has 2 N–H and O–H groups in total. The summed E-state index contributed by atoms with van der Waals surface area (Å²) in [7, 11) is 0. The molecule has 0 bridgehead atoms. The minimum Gasteiger partial charge on any atom is -0.494 e. The van der Waals surface area contributed by atoms with E-state index in [4.69, 9.17) is 4.74 Å². The SMILES string of the molecule is CCOc1cccc(Nc2ncc(Br)cc2C(=O)O)c1. The van der Waals surface area contributed by atoms with Gasteiger partial charge in [0.2, 0.25) is 0 Å². The Morgan fingerprint density at radius 1 is 1.45 bits per heavy atom. The highest BCUT2D eigenvalue weighted by molar-refractivity contribution is 9.10. The Hall–Kier alpha value is -2.08. The van der Waals surface area contributed by atoms with Crippen molar-refractivity contribution in [1.29, 1.82) is 0 Å². The normalized spacial score (nSPS) is 10.1. The van der Waals surface area contributed by atoms with Crippen LogP contribution in [0.1, 0.15) is 17.3 Å². The Morgan fingerprint density at radius 3 is 2.95 bits per heavy atom. The number of halogens is 1. The van der Waals surface area contributed by atoms with Crippen molar-refractivity contribution in [2.45, 2.75) is 6.92 Å². The fraction of sp³-hybridized carbons (Fsp3) is 0.143. The van der Waals surface area contributed by atoms with Gasteiger partial charge >= 0.3 is 5.97 Å². The number of benzene rings is 1. The number of aromatic nitrogens is 1. The molecule has 1 aromatic heterocycles. The van der Waals surface area contributed by atoms with Gasteiger partial charge in [-0.15, -0.1) is 0 Å². The number of ether oxygens (including phenoxy) is 1. The molecule has 0 aliphatic rings. The number of hydrogen-bond donors (Lipinski definition) is 2. The van der Waals surface area contributed by atoms with Crippen LogP contribution in [0, 0.1) is 0 Å². The van der Waals surface area contributed by atoms with Gasteiger partial charge in [0.25, 0.3) is 0 Å². The number of anilines is 2. The fourth-order valence-corrected chi connectivity index (χ4v) is 2.00. The lowest BCUT2D eigenvalue weighted by Gasteiger charge is -2.10. The maximum atomic E-state index is 11.2. The summed E-state index contributed by atoms with van der Waals surface area (Å²) in [5.41, 5.74) is 0.814. The van der Waals surface area contributed by atoms with E-state index < -0.39 is 5.97 Å². The maximum absolute atomic E-state index is 11.2. The lowest BCUT2D eigenvalue weighted by Crippen LogP contribution is -2.05. The molecule has 0 amide bonds. The minimum absolute atomic E-state index is 0.0983. The summed E-state index contributed by atoms with van der Waals surface area (Å²) in [5.74, 6) is -0.0388. The summed E-state index contributed by atoms with van der Waals surface area (Å²) < 4.78 is 6.01. The van der Waals surface area contributed by atoms with E-state index in [0.717, 1.165) is 0 Å². The summed E-state index contributed by atoms with van der Waals surface area (Å²) in [6.07, 6.45) is 1.54. The molecule has 0 atom stereocenters. The number of hydrogen-bond acceptors (Lipinski definition) is 4. The highest BCUT2D eigenvalue weighted by Gasteiger charge is 2.12. The number of carboxylic acids is 1. The van der Waals surface area contributed by atoms with Crippen LogP contribution in [0.15, 0.2) is 41.0 Å². The van der Waals surface area contributed by atoms with Crippen LogP contribution in [-0.4, -0.2) is 22.7 Å². The van der Waals surface area contributed by atoms with Gasteiger partial charge in [0.05, 0.1) is 6.61 Å². The first-order valence-electron chi connectivity index (χ1n) is 5.99. The Balaban J connectivity index is 2.30. The monoisotopic (exact) mass is 336 g/mol. The van der Waals surface area contributed by atoms with Crippen LogP contribution in [0.25, 0.3) is 0 Å². The molecule has 0 saturated carbocycles. The molecule has 6 heteroatoms. The molecule has 2 aromatic rings. The molecule has 1 heterocycles. The predicted molar refractivity (Wildman–Crippen MR) is 79.8 cm³/mol. The summed E-state index contributed by atoms with van der Waals surface area (Å²) in [5, 5.41) is 12.2. The van der Waals surface area contributed by atoms with Crippen molar-refractivity contribution < 1.29 is 14.6 Å². The van der Waals surface area contributed by atoms with E-state index >= 15 is 0 Å². The standard InChI is InChI=1S/C14H13BrN2O3/c1-2-20-11-5-3-4-10(7-11)17-13-12(14(18)19)6-9(15)8-16-13/h3-8H,2H2,1H3,(H,16,17)(H,18,19). The van der Waals surface area contributed by atoms with E-state index in [1.165, 1.54) is 6.07 Å². The second-order valence-corrected chi connectivity index (χ2v) is 4.86. The quantitative estimate of drug-likeness (QED) is 0.871. The molecule has 5 nitrogen and oxygen atoms in total. The molecule has 0 aliphatic carbocycles. The first-order valence-corrected chi connectivity index (χ1v) is 6.78. The zero-order valence-electron chi connectivity index (χ0n) is 10.8.